The molecule has 30 heavy (non-hydrogen) atoms. The van der Waals surface area contributed by atoms with E-state index in [1.165, 1.54) is 16.8 Å². The number of nitrogen functional groups attached to an aromatic ring is 1. The Balaban J connectivity index is 2.07. The van der Waals surface area contributed by atoms with Crippen molar-refractivity contribution in [2.45, 2.75) is 47.7 Å². The number of Topliss-reactive ketones (excluding diaryl/α,β-unsaturated/α-hetero) is 1. The molecule has 0 bridgehead atoms. The number of aromatic nitrogens is 2. The highest BCUT2D eigenvalue weighted by molar-refractivity contribution is 6.01. The monoisotopic (exact) mass is 418 g/mol. The molecule has 0 atom stereocenters. The number of rotatable bonds is 7. The molecule has 9 heteroatoms. The maximum absolute atomic E-state index is 14.2. The van der Waals surface area contributed by atoms with Crippen LogP contribution >= 0.6 is 0 Å². The van der Waals surface area contributed by atoms with Crippen molar-refractivity contribution in [1.29, 1.82) is 0 Å². The Hall–Kier alpha value is -3.23. The molecular weight excluding hydrogens is 391 g/mol. The van der Waals surface area contributed by atoms with Gasteiger partial charge in [-0.2, -0.15) is 5.10 Å². The van der Waals surface area contributed by atoms with E-state index in [0.29, 0.717) is 17.8 Å². The number of amides is 1. The molecule has 162 valence electrons. The molecular formula is C21H27FN4O4. The summed E-state index contributed by atoms with van der Waals surface area (Å²) in [6.07, 6.45) is 0. The second kappa shape index (κ2) is 9.06. The van der Waals surface area contributed by atoms with Gasteiger partial charge in [-0.25, -0.2) is 13.9 Å². The molecule has 0 aliphatic carbocycles. The molecule has 0 saturated heterocycles. The number of nitrogens with one attached hydrogen (secondary N) is 1. The third-order valence-electron chi connectivity index (χ3n) is 4.47. The highest BCUT2D eigenvalue weighted by Crippen LogP contribution is 2.18. The van der Waals surface area contributed by atoms with E-state index in [2.05, 4.69) is 10.4 Å². The van der Waals surface area contributed by atoms with Crippen molar-refractivity contribution in [3.63, 3.8) is 0 Å². The lowest BCUT2D eigenvalue weighted by Gasteiger charge is -2.17. The summed E-state index contributed by atoms with van der Waals surface area (Å²) in [4.78, 5) is 36.7. The first-order valence-corrected chi connectivity index (χ1v) is 9.55. The molecule has 2 rings (SSSR count). The quantitative estimate of drug-likeness (QED) is 0.527. The fourth-order valence-electron chi connectivity index (χ4n) is 2.72. The zero-order valence-corrected chi connectivity index (χ0v) is 17.8. The molecule has 2 aromatic rings. The van der Waals surface area contributed by atoms with Gasteiger partial charge in [0.2, 0.25) is 11.7 Å². The molecule has 0 aliphatic heterocycles. The van der Waals surface area contributed by atoms with Crippen LogP contribution in [0.1, 0.15) is 59.7 Å². The minimum Gasteiger partial charge on any atom is -0.454 e. The maximum atomic E-state index is 14.2. The van der Waals surface area contributed by atoms with Gasteiger partial charge in [0.05, 0.1) is 11.3 Å². The average Bonchev–Trinajstić information content (AvgIpc) is 2.97. The number of hydrogen-bond donors (Lipinski definition) is 2. The second-order valence-electron chi connectivity index (χ2n) is 7.91. The normalized spacial score (nSPS) is 11.3. The SMILES string of the molecule is CCn1nc(C)c(C(=O)OCC(=O)c2cc(CNC(=O)C(C)(C)C)ccc2F)c1N. The molecule has 1 aromatic carbocycles. The third kappa shape index (κ3) is 5.22. The Labute approximate surface area is 174 Å². The van der Waals surface area contributed by atoms with Gasteiger partial charge in [0.1, 0.15) is 17.2 Å². The number of hydrogen-bond acceptors (Lipinski definition) is 6. The minimum atomic E-state index is -0.799. The number of esters is 1. The summed E-state index contributed by atoms with van der Waals surface area (Å²) in [6, 6.07) is 3.95. The number of benzene rings is 1. The van der Waals surface area contributed by atoms with Gasteiger partial charge >= 0.3 is 5.97 Å². The molecule has 3 N–H and O–H groups in total. The zero-order valence-electron chi connectivity index (χ0n) is 17.8. The maximum Gasteiger partial charge on any atom is 0.344 e. The number of carbonyl (C=O) groups is 3. The highest BCUT2D eigenvalue weighted by Gasteiger charge is 2.23. The minimum absolute atomic E-state index is 0.0868. The van der Waals surface area contributed by atoms with Crippen LogP contribution in [0.5, 0.6) is 0 Å². The first-order valence-electron chi connectivity index (χ1n) is 9.55. The highest BCUT2D eigenvalue weighted by atomic mass is 19.1. The Morgan fingerprint density at radius 2 is 1.93 bits per heavy atom. The molecule has 8 nitrogen and oxygen atoms in total. The van der Waals surface area contributed by atoms with Gasteiger partial charge in [0.25, 0.3) is 0 Å². The number of anilines is 1. The zero-order chi connectivity index (χ0) is 22.6. The number of ether oxygens (including phenoxy) is 1. The number of ketones is 1. The summed E-state index contributed by atoms with van der Waals surface area (Å²) in [5, 5.41) is 6.86. The standard InChI is InChI=1S/C21H27FN4O4/c1-6-26-18(23)17(12(2)25-26)19(28)30-11-16(27)14-9-13(7-8-15(14)22)10-24-20(29)21(3,4)5/h7-9H,6,10-11,23H2,1-5H3,(H,24,29). The first kappa shape index (κ1) is 23.1. The molecule has 1 aromatic heterocycles. The number of halogens is 1. The summed E-state index contributed by atoms with van der Waals surface area (Å²) in [5.74, 6) is -2.27. The Kier molecular flexibility index (Phi) is 6.96. The van der Waals surface area contributed by atoms with E-state index in [0.717, 1.165) is 6.07 Å². The summed E-state index contributed by atoms with van der Waals surface area (Å²) in [5.41, 5.74) is 6.11. The van der Waals surface area contributed by atoms with Gasteiger partial charge in [0.15, 0.2) is 6.61 Å². The van der Waals surface area contributed by atoms with E-state index in [9.17, 15) is 18.8 Å². The molecule has 0 spiro atoms. The van der Waals surface area contributed by atoms with Crippen LogP contribution in [-0.2, 0) is 22.6 Å². The largest absolute Gasteiger partial charge is 0.454 e. The van der Waals surface area contributed by atoms with Crippen LogP contribution in [0.4, 0.5) is 10.2 Å². The number of nitrogens with zero attached hydrogens (tertiary/aromatic N) is 2. The van der Waals surface area contributed by atoms with Gasteiger partial charge in [0, 0.05) is 18.5 Å². The van der Waals surface area contributed by atoms with E-state index < -0.39 is 29.6 Å². The van der Waals surface area contributed by atoms with E-state index in [1.807, 2.05) is 6.92 Å². The van der Waals surface area contributed by atoms with Crippen LogP contribution in [0.2, 0.25) is 0 Å². The number of carbonyl (C=O) groups excluding carboxylic acids is 3. The Morgan fingerprint density at radius 1 is 1.27 bits per heavy atom. The lowest BCUT2D eigenvalue weighted by Crippen LogP contribution is -2.34. The lowest BCUT2D eigenvalue weighted by atomic mass is 9.95. The van der Waals surface area contributed by atoms with Gasteiger partial charge in [-0.05, 0) is 31.5 Å². The fraction of sp³-hybridized carbons (Fsp3) is 0.429. The van der Waals surface area contributed by atoms with Crippen molar-refractivity contribution >= 4 is 23.5 Å². The van der Waals surface area contributed by atoms with Gasteiger partial charge in [-0.15, -0.1) is 0 Å². The van der Waals surface area contributed by atoms with Crippen molar-refractivity contribution in [1.82, 2.24) is 15.1 Å². The van der Waals surface area contributed by atoms with E-state index >= 15 is 0 Å². The molecule has 0 aliphatic rings. The van der Waals surface area contributed by atoms with Crippen LogP contribution in [-0.4, -0.2) is 34.0 Å². The van der Waals surface area contributed by atoms with Crippen LogP contribution in [0, 0.1) is 18.2 Å². The first-order chi connectivity index (χ1) is 14.0. The van der Waals surface area contributed by atoms with Crippen LogP contribution < -0.4 is 11.1 Å². The topological polar surface area (TPSA) is 116 Å². The van der Waals surface area contributed by atoms with E-state index in [1.54, 1.807) is 27.7 Å². The fourth-order valence-corrected chi connectivity index (χ4v) is 2.72. The van der Waals surface area contributed by atoms with Crippen LogP contribution in [0.15, 0.2) is 18.2 Å². The Morgan fingerprint density at radius 3 is 2.50 bits per heavy atom. The molecule has 0 saturated carbocycles. The molecule has 0 fully saturated rings. The van der Waals surface area contributed by atoms with Crippen LogP contribution in [0.25, 0.3) is 0 Å². The summed E-state index contributed by atoms with van der Waals surface area (Å²) in [6.45, 7) is 8.71. The summed E-state index contributed by atoms with van der Waals surface area (Å²) in [7, 11) is 0. The molecule has 1 amide bonds. The molecule has 1 heterocycles. The van der Waals surface area contributed by atoms with Crippen molar-refractivity contribution in [3.05, 3.63) is 46.4 Å². The van der Waals surface area contributed by atoms with Gasteiger partial charge in [-0.1, -0.05) is 26.8 Å². The van der Waals surface area contributed by atoms with Crippen molar-refractivity contribution < 1.29 is 23.5 Å². The van der Waals surface area contributed by atoms with Crippen molar-refractivity contribution in [3.8, 4) is 0 Å². The summed E-state index contributed by atoms with van der Waals surface area (Å²) < 4.78 is 20.6. The second-order valence-corrected chi connectivity index (χ2v) is 7.91. The number of nitrogens with two attached hydrogens (primary N) is 1. The van der Waals surface area contributed by atoms with Crippen LogP contribution in [0.3, 0.4) is 0 Å². The molecule has 0 radical (unpaired) electrons. The third-order valence-corrected chi connectivity index (χ3v) is 4.47. The smallest absolute Gasteiger partial charge is 0.344 e. The lowest BCUT2D eigenvalue weighted by molar-refractivity contribution is -0.128. The number of aryl methyl sites for hydroxylation is 2. The predicted molar refractivity (Wildman–Crippen MR) is 109 cm³/mol. The van der Waals surface area contributed by atoms with Gasteiger partial charge in [-0.3, -0.25) is 9.59 Å². The summed E-state index contributed by atoms with van der Waals surface area (Å²) >= 11 is 0. The average molecular weight is 418 g/mol. The molecule has 0 unspecified atom stereocenters. The van der Waals surface area contributed by atoms with Gasteiger partial charge < -0.3 is 15.8 Å². The predicted octanol–water partition coefficient (Wildman–Crippen LogP) is 2.63. The van der Waals surface area contributed by atoms with E-state index in [-0.39, 0.29) is 29.4 Å². The van der Waals surface area contributed by atoms with Crippen molar-refractivity contribution in [2.75, 3.05) is 12.3 Å². The Bertz CT molecular complexity index is 976. The van der Waals surface area contributed by atoms with Crippen molar-refractivity contribution in [2.24, 2.45) is 5.41 Å². The van der Waals surface area contributed by atoms with E-state index in [4.69, 9.17) is 10.5 Å².